The van der Waals surface area contributed by atoms with E-state index in [4.69, 9.17) is 9.16 Å². The number of ether oxygens (including phenoxy) is 1. The lowest BCUT2D eigenvalue weighted by Crippen LogP contribution is -2.48. The van der Waals surface area contributed by atoms with E-state index >= 15 is 0 Å². The highest BCUT2D eigenvalue weighted by Crippen LogP contribution is 2.41. The number of thioether (sulfide) groups is 1. The molecule has 35 heavy (non-hydrogen) atoms. The molecule has 13 heteroatoms. The molecule has 1 aromatic carbocycles. The molecule has 3 atom stereocenters. The Morgan fingerprint density at radius 3 is 2.43 bits per heavy atom. The van der Waals surface area contributed by atoms with Gasteiger partial charge in [0.1, 0.15) is 6.61 Å². The Hall–Kier alpha value is -1.67. The van der Waals surface area contributed by atoms with E-state index < -0.39 is 34.7 Å². The molecular formula is C22H35N3O7S2Si. The van der Waals surface area contributed by atoms with Crippen molar-refractivity contribution in [3.05, 3.63) is 39.9 Å². The zero-order valence-corrected chi connectivity index (χ0v) is 23.7. The number of nitro benzene ring substituents is 1. The minimum Gasteiger partial charge on any atom is -0.445 e. The van der Waals surface area contributed by atoms with Crippen molar-refractivity contribution in [2.24, 2.45) is 0 Å². The van der Waals surface area contributed by atoms with Gasteiger partial charge < -0.3 is 14.1 Å². The molecule has 3 unspecified atom stereocenters. The predicted octanol–water partition coefficient (Wildman–Crippen LogP) is 4.03. The van der Waals surface area contributed by atoms with Crippen LogP contribution in [0.1, 0.15) is 32.8 Å². The van der Waals surface area contributed by atoms with Crippen LogP contribution < -0.4 is 0 Å². The summed E-state index contributed by atoms with van der Waals surface area (Å²) >= 11 is 1.53. The first-order valence-electron chi connectivity index (χ1n) is 11.5. The molecule has 0 bridgehead atoms. The summed E-state index contributed by atoms with van der Waals surface area (Å²) in [6.45, 7) is 11.5. The second-order valence-electron chi connectivity index (χ2n) is 10.6. The Morgan fingerprint density at radius 1 is 1.26 bits per heavy atom. The summed E-state index contributed by atoms with van der Waals surface area (Å²) in [5, 5.41) is 10.5. The molecule has 196 valence electrons. The van der Waals surface area contributed by atoms with Crippen molar-refractivity contribution in [1.82, 2.24) is 9.21 Å². The standard InChI is InChI=1S/C22H35N3O7S2Si/c1-22(2,3)35(5,6)32-18-13-19(20-24(11-12-33-20)34(4,29)30)23(14-18)21(26)31-15-16-7-9-17(10-8-16)25(27)28/h7-10,18-20H,11-15H2,1-6H3. The van der Waals surface area contributed by atoms with Crippen LogP contribution in [0.15, 0.2) is 24.3 Å². The fourth-order valence-corrected chi connectivity index (χ4v) is 8.42. The van der Waals surface area contributed by atoms with Gasteiger partial charge in [-0.25, -0.2) is 13.2 Å². The quantitative estimate of drug-likeness (QED) is 0.286. The zero-order chi connectivity index (χ0) is 26.2. The smallest absolute Gasteiger partial charge is 0.410 e. The maximum atomic E-state index is 13.2. The maximum absolute atomic E-state index is 13.2. The Kier molecular flexibility index (Phi) is 8.26. The molecule has 1 amide bonds. The molecule has 2 aliphatic rings. The van der Waals surface area contributed by atoms with Crippen molar-refractivity contribution in [3.63, 3.8) is 0 Å². The normalized spacial score (nSPS) is 24.1. The molecule has 1 aromatic rings. The van der Waals surface area contributed by atoms with Gasteiger partial charge in [-0.1, -0.05) is 20.8 Å². The third-order valence-electron chi connectivity index (χ3n) is 6.96. The average molecular weight is 546 g/mol. The number of benzene rings is 1. The van der Waals surface area contributed by atoms with Crippen molar-refractivity contribution in [1.29, 1.82) is 0 Å². The van der Waals surface area contributed by atoms with E-state index in [1.165, 1.54) is 34.5 Å². The monoisotopic (exact) mass is 545 g/mol. The number of non-ortho nitro benzene ring substituents is 1. The molecule has 0 aromatic heterocycles. The number of nitro groups is 1. The van der Waals surface area contributed by atoms with Gasteiger partial charge in [0.25, 0.3) is 5.69 Å². The van der Waals surface area contributed by atoms with Crippen molar-refractivity contribution < 1.29 is 27.3 Å². The van der Waals surface area contributed by atoms with Crippen LogP contribution >= 0.6 is 11.8 Å². The number of hydrogen-bond acceptors (Lipinski definition) is 8. The Bertz CT molecular complexity index is 1040. The van der Waals surface area contributed by atoms with Gasteiger partial charge in [0.15, 0.2) is 8.32 Å². The summed E-state index contributed by atoms with van der Waals surface area (Å²) in [6, 6.07) is 5.45. The van der Waals surface area contributed by atoms with Crippen molar-refractivity contribution >= 4 is 41.9 Å². The maximum Gasteiger partial charge on any atom is 0.410 e. The topological polar surface area (TPSA) is 119 Å². The summed E-state index contributed by atoms with van der Waals surface area (Å²) in [6.07, 6.45) is 0.968. The number of sulfonamides is 1. The number of carbonyl (C=O) groups is 1. The van der Waals surface area contributed by atoms with Crippen LogP contribution in [-0.2, 0) is 25.8 Å². The highest BCUT2D eigenvalue weighted by atomic mass is 32.2. The summed E-state index contributed by atoms with van der Waals surface area (Å²) in [7, 11) is -5.55. The lowest BCUT2D eigenvalue weighted by Gasteiger charge is -2.38. The summed E-state index contributed by atoms with van der Waals surface area (Å²) in [5.74, 6) is 0.660. The highest BCUT2D eigenvalue weighted by molar-refractivity contribution is 8.01. The molecule has 10 nitrogen and oxygen atoms in total. The molecule has 3 rings (SSSR count). The minimum atomic E-state index is -3.43. The molecule has 2 saturated heterocycles. The fraction of sp³-hybridized carbons (Fsp3) is 0.682. The van der Waals surface area contributed by atoms with Gasteiger partial charge >= 0.3 is 6.09 Å². The number of likely N-dealkylation sites (tertiary alicyclic amines) is 1. The van der Waals surface area contributed by atoms with Crippen LogP contribution in [0.4, 0.5) is 10.5 Å². The Labute approximate surface area is 212 Å². The summed E-state index contributed by atoms with van der Waals surface area (Å²) in [4.78, 5) is 25.2. The molecule has 2 heterocycles. The van der Waals surface area contributed by atoms with Crippen LogP contribution in [0.5, 0.6) is 0 Å². The highest BCUT2D eigenvalue weighted by Gasteiger charge is 2.49. The fourth-order valence-electron chi connectivity index (χ4n) is 4.06. The van der Waals surface area contributed by atoms with Crippen molar-refractivity contribution in [3.8, 4) is 0 Å². The minimum absolute atomic E-state index is 0.00670. The molecular weight excluding hydrogens is 510 g/mol. The van der Waals surface area contributed by atoms with Crippen LogP contribution in [0.3, 0.4) is 0 Å². The van der Waals surface area contributed by atoms with E-state index in [0.717, 1.165) is 0 Å². The van der Waals surface area contributed by atoms with Gasteiger partial charge in [-0.15, -0.1) is 11.8 Å². The first kappa shape index (κ1) is 27.9. The van der Waals surface area contributed by atoms with E-state index in [2.05, 4.69) is 33.9 Å². The molecule has 0 spiro atoms. The second-order valence-corrected chi connectivity index (χ2v) is 18.5. The van der Waals surface area contributed by atoms with Crippen LogP contribution in [0.25, 0.3) is 0 Å². The van der Waals surface area contributed by atoms with Crippen LogP contribution in [0, 0.1) is 10.1 Å². The van der Waals surface area contributed by atoms with E-state index in [9.17, 15) is 23.3 Å². The third-order valence-corrected chi connectivity index (χ3v) is 14.2. The van der Waals surface area contributed by atoms with Gasteiger partial charge in [0, 0.05) is 31.0 Å². The average Bonchev–Trinajstić information content (AvgIpc) is 3.38. The van der Waals surface area contributed by atoms with E-state index in [0.29, 0.717) is 30.8 Å². The molecule has 0 saturated carbocycles. The van der Waals surface area contributed by atoms with Crippen molar-refractivity contribution in [2.75, 3.05) is 25.1 Å². The summed E-state index contributed by atoms with van der Waals surface area (Å²) < 4.78 is 38.5. The van der Waals surface area contributed by atoms with Gasteiger partial charge in [0.05, 0.1) is 28.7 Å². The predicted molar refractivity (Wildman–Crippen MR) is 138 cm³/mol. The first-order chi connectivity index (χ1) is 16.1. The van der Waals surface area contributed by atoms with E-state index in [1.54, 1.807) is 17.0 Å². The van der Waals surface area contributed by atoms with Crippen molar-refractivity contribution in [2.45, 2.75) is 69.5 Å². The number of hydrogen-bond donors (Lipinski definition) is 0. The SMILES string of the molecule is CC(C)(C)[Si](C)(C)OC1CC(C2SCCN2S(C)(=O)=O)N(C(=O)OCc2ccc([N+](=O)[O-])cc2)C1. The van der Waals surface area contributed by atoms with E-state index in [1.807, 2.05) is 0 Å². The number of amides is 1. The molecule has 0 radical (unpaired) electrons. The van der Waals surface area contributed by atoms with Gasteiger partial charge in [-0.05, 0) is 42.2 Å². The molecule has 2 fully saturated rings. The van der Waals surface area contributed by atoms with E-state index in [-0.39, 0.29) is 29.5 Å². The van der Waals surface area contributed by atoms with Gasteiger partial charge in [0.2, 0.25) is 10.0 Å². The molecule has 2 aliphatic heterocycles. The van der Waals surface area contributed by atoms with Crippen LogP contribution in [0.2, 0.25) is 18.1 Å². The number of nitrogens with zero attached hydrogens (tertiary/aromatic N) is 3. The summed E-state index contributed by atoms with van der Waals surface area (Å²) in [5.41, 5.74) is 0.589. The zero-order valence-electron chi connectivity index (χ0n) is 21.1. The Balaban J connectivity index is 1.78. The number of rotatable bonds is 7. The number of carbonyl (C=O) groups excluding carboxylic acids is 1. The third kappa shape index (κ3) is 6.56. The lowest BCUT2D eigenvalue weighted by molar-refractivity contribution is -0.384. The second kappa shape index (κ2) is 10.4. The Morgan fingerprint density at radius 2 is 1.89 bits per heavy atom. The molecule has 0 N–H and O–H groups in total. The molecule has 0 aliphatic carbocycles. The van der Waals surface area contributed by atoms with Crippen LogP contribution in [-0.4, -0.2) is 79.6 Å². The lowest BCUT2D eigenvalue weighted by atomic mass is 10.2. The van der Waals surface area contributed by atoms with Gasteiger partial charge in [-0.2, -0.15) is 4.31 Å². The first-order valence-corrected chi connectivity index (χ1v) is 17.3. The largest absolute Gasteiger partial charge is 0.445 e. The van der Waals surface area contributed by atoms with Gasteiger partial charge in [-0.3, -0.25) is 10.1 Å².